The molecule has 0 atom stereocenters. The summed E-state index contributed by atoms with van der Waals surface area (Å²) in [5.41, 5.74) is 6.56. The van der Waals surface area contributed by atoms with E-state index in [-0.39, 0.29) is 5.91 Å². The Balaban J connectivity index is 1.80. The standard InChI is InChI=1S/C19H17N5O/c20-16(25)19(11-12-19)17-22-15(13-7-3-1-4-8-13)23-18(24-17)21-14-9-5-2-6-10-14/h1-10H,11-12H2,(H2,20,25)(H,21,22,23,24). The number of amides is 1. The quantitative estimate of drug-likeness (QED) is 0.750. The molecule has 6 nitrogen and oxygen atoms in total. The average Bonchev–Trinajstić information content (AvgIpc) is 3.45. The predicted molar refractivity (Wildman–Crippen MR) is 95.1 cm³/mol. The summed E-state index contributed by atoms with van der Waals surface area (Å²) in [6, 6.07) is 19.3. The third-order valence-electron chi connectivity index (χ3n) is 4.35. The summed E-state index contributed by atoms with van der Waals surface area (Å²) < 4.78 is 0. The molecule has 124 valence electrons. The molecule has 2 aromatic carbocycles. The topological polar surface area (TPSA) is 93.8 Å². The van der Waals surface area contributed by atoms with Gasteiger partial charge in [0.1, 0.15) is 11.2 Å². The van der Waals surface area contributed by atoms with Crippen LogP contribution in [0.3, 0.4) is 0 Å². The first kappa shape index (κ1) is 15.3. The van der Waals surface area contributed by atoms with Gasteiger partial charge in [-0.1, -0.05) is 48.5 Å². The highest BCUT2D eigenvalue weighted by molar-refractivity contribution is 5.89. The lowest BCUT2D eigenvalue weighted by Gasteiger charge is -2.13. The van der Waals surface area contributed by atoms with Gasteiger partial charge in [-0.2, -0.15) is 9.97 Å². The fourth-order valence-corrected chi connectivity index (χ4v) is 2.72. The molecule has 1 fully saturated rings. The number of hydrogen-bond acceptors (Lipinski definition) is 5. The lowest BCUT2D eigenvalue weighted by Crippen LogP contribution is -2.30. The number of carbonyl (C=O) groups excluding carboxylic acids is 1. The van der Waals surface area contributed by atoms with Gasteiger partial charge in [-0.05, 0) is 25.0 Å². The lowest BCUT2D eigenvalue weighted by atomic mass is 10.1. The van der Waals surface area contributed by atoms with E-state index in [1.54, 1.807) is 0 Å². The Morgan fingerprint density at radius 2 is 1.56 bits per heavy atom. The minimum Gasteiger partial charge on any atom is -0.369 e. The van der Waals surface area contributed by atoms with Crippen molar-refractivity contribution in [2.24, 2.45) is 5.73 Å². The number of nitrogens with zero attached hydrogens (tertiary/aromatic N) is 3. The second-order valence-corrected chi connectivity index (χ2v) is 6.11. The molecule has 1 aromatic heterocycles. The fourth-order valence-electron chi connectivity index (χ4n) is 2.72. The molecule has 6 heteroatoms. The molecule has 25 heavy (non-hydrogen) atoms. The first-order chi connectivity index (χ1) is 12.2. The number of benzene rings is 2. The molecule has 1 heterocycles. The SMILES string of the molecule is NC(=O)C1(c2nc(Nc3ccccc3)nc(-c3ccccc3)n2)CC1. The van der Waals surface area contributed by atoms with Crippen LogP contribution in [-0.4, -0.2) is 20.9 Å². The third kappa shape index (κ3) is 2.94. The zero-order valence-corrected chi connectivity index (χ0v) is 13.5. The highest BCUT2D eigenvalue weighted by Gasteiger charge is 2.53. The molecule has 0 unspecified atom stereocenters. The number of para-hydroxylation sites is 1. The van der Waals surface area contributed by atoms with Crippen LogP contribution in [0.25, 0.3) is 11.4 Å². The molecule has 0 aliphatic heterocycles. The summed E-state index contributed by atoms with van der Waals surface area (Å²) in [5.74, 6) is 0.981. The monoisotopic (exact) mass is 331 g/mol. The molecular weight excluding hydrogens is 314 g/mol. The maximum atomic E-state index is 11.9. The van der Waals surface area contributed by atoms with Gasteiger partial charge in [0.05, 0.1) is 0 Å². The van der Waals surface area contributed by atoms with Crippen LogP contribution in [0.1, 0.15) is 18.7 Å². The van der Waals surface area contributed by atoms with Crippen molar-refractivity contribution in [3.63, 3.8) is 0 Å². The molecule has 1 aliphatic carbocycles. The van der Waals surface area contributed by atoms with Crippen LogP contribution < -0.4 is 11.1 Å². The zero-order valence-electron chi connectivity index (χ0n) is 13.5. The van der Waals surface area contributed by atoms with Crippen molar-refractivity contribution in [1.29, 1.82) is 0 Å². The Kier molecular flexibility index (Phi) is 3.65. The summed E-state index contributed by atoms with van der Waals surface area (Å²) >= 11 is 0. The molecule has 1 amide bonds. The minimum absolute atomic E-state index is 0.386. The number of primary amides is 1. The Bertz CT molecular complexity index is 908. The molecular formula is C19H17N5O. The van der Waals surface area contributed by atoms with E-state index in [1.165, 1.54) is 0 Å². The molecule has 1 saturated carbocycles. The predicted octanol–water partition coefficient (Wildman–Crippen LogP) is 2.80. The summed E-state index contributed by atoms with van der Waals surface area (Å²) in [7, 11) is 0. The van der Waals surface area contributed by atoms with E-state index >= 15 is 0 Å². The van der Waals surface area contributed by atoms with Gasteiger partial charge in [0.2, 0.25) is 11.9 Å². The van der Waals surface area contributed by atoms with E-state index in [0.29, 0.717) is 30.4 Å². The van der Waals surface area contributed by atoms with E-state index in [0.717, 1.165) is 11.3 Å². The average molecular weight is 331 g/mol. The van der Waals surface area contributed by atoms with E-state index in [2.05, 4.69) is 20.3 Å². The van der Waals surface area contributed by atoms with Gasteiger partial charge in [-0.3, -0.25) is 4.79 Å². The fraction of sp³-hybridized carbons (Fsp3) is 0.158. The first-order valence-corrected chi connectivity index (χ1v) is 8.11. The Morgan fingerprint density at radius 3 is 2.16 bits per heavy atom. The van der Waals surface area contributed by atoms with Crippen molar-refractivity contribution in [3.8, 4) is 11.4 Å². The zero-order chi connectivity index (χ0) is 17.3. The lowest BCUT2D eigenvalue weighted by molar-refractivity contribution is -0.120. The first-order valence-electron chi connectivity index (χ1n) is 8.11. The molecule has 0 saturated heterocycles. The van der Waals surface area contributed by atoms with Gasteiger partial charge in [-0.15, -0.1) is 0 Å². The molecule has 0 radical (unpaired) electrons. The largest absolute Gasteiger partial charge is 0.369 e. The van der Waals surface area contributed by atoms with Crippen LogP contribution in [0.2, 0.25) is 0 Å². The second-order valence-electron chi connectivity index (χ2n) is 6.11. The molecule has 4 rings (SSSR count). The summed E-state index contributed by atoms with van der Waals surface area (Å²) in [6.45, 7) is 0. The second kappa shape index (κ2) is 5.98. The maximum absolute atomic E-state index is 11.9. The van der Waals surface area contributed by atoms with Crippen LogP contribution in [0.5, 0.6) is 0 Å². The molecule has 3 aromatic rings. The van der Waals surface area contributed by atoms with Crippen molar-refractivity contribution in [3.05, 3.63) is 66.5 Å². The van der Waals surface area contributed by atoms with Crippen molar-refractivity contribution in [2.45, 2.75) is 18.3 Å². The number of rotatable bonds is 5. The van der Waals surface area contributed by atoms with E-state index in [1.807, 2.05) is 60.7 Å². The van der Waals surface area contributed by atoms with Crippen LogP contribution in [-0.2, 0) is 10.2 Å². The van der Waals surface area contributed by atoms with Gasteiger partial charge in [0.15, 0.2) is 5.82 Å². The normalized spacial score (nSPS) is 14.7. The number of nitrogens with two attached hydrogens (primary N) is 1. The van der Waals surface area contributed by atoms with Gasteiger partial charge < -0.3 is 11.1 Å². The molecule has 0 spiro atoms. The van der Waals surface area contributed by atoms with Crippen LogP contribution in [0, 0.1) is 0 Å². The highest BCUT2D eigenvalue weighted by Crippen LogP contribution is 2.46. The Labute approximate surface area is 145 Å². The number of aromatic nitrogens is 3. The van der Waals surface area contributed by atoms with Gasteiger partial charge >= 0.3 is 0 Å². The summed E-state index contributed by atoms with van der Waals surface area (Å²) in [5, 5.41) is 3.18. The maximum Gasteiger partial charge on any atom is 0.231 e. The van der Waals surface area contributed by atoms with Crippen LogP contribution in [0.4, 0.5) is 11.6 Å². The van der Waals surface area contributed by atoms with Crippen LogP contribution >= 0.6 is 0 Å². The number of hydrogen-bond donors (Lipinski definition) is 2. The van der Waals surface area contributed by atoms with Gasteiger partial charge in [0, 0.05) is 11.3 Å². The third-order valence-corrected chi connectivity index (χ3v) is 4.35. The highest BCUT2D eigenvalue weighted by atomic mass is 16.1. The summed E-state index contributed by atoms with van der Waals surface area (Å²) in [6.07, 6.45) is 1.34. The van der Waals surface area contributed by atoms with Crippen molar-refractivity contribution in [2.75, 3.05) is 5.32 Å². The number of nitrogens with one attached hydrogen (secondary N) is 1. The Morgan fingerprint density at radius 1 is 0.920 bits per heavy atom. The summed E-state index contributed by atoms with van der Waals surface area (Å²) in [4.78, 5) is 25.4. The van der Waals surface area contributed by atoms with Crippen LogP contribution in [0.15, 0.2) is 60.7 Å². The van der Waals surface area contributed by atoms with E-state index < -0.39 is 5.41 Å². The van der Waals surface area contributed by atoms with Crippen molar-refractivity contribution in [1.82, 2.24) is 15.0 Å². The molecule has 1 aliphatic rings. The molecule has 0 bridgehead atoms. The van der Waals surface area contributed by atoms with E-state index in [9.17, 15) is 4.79 Å². The minimum atomic E-state index is -0.764. The smallest absolute Gasteiger partial charge is 0.231 e. The van der Waals surface area contributed by atoms with E-state index in [4.69, 9.17) is 5.73 Å². The van der Waals surface area contributed by atoms with Crippen molar-refractivity contribution >= 4 is 17.5 Å². The molecule has 3 N–H and O–H groups in total. The van der Waals surface area contributed by atoms with Gasteiger partial charge in [0.25, 0.3) is 0 Å². The van der Waals surface area contributed by atoms with Gasteiger partial charge in [-0.25, -0.2) is 4.98 Å². The Hall–Kier alpha value is -3.28. The number of anilines is 2. The number of carbonyl (C=O) groups is 1. The van der Waals surface area contributed by atoms with Crippen molar-refractivity contribution < 1.29 is 4.79 Å².